The molecule has 5 aromatic rings. The van der Waals surface area contributed by atoms with Gasteiger partial charge in [0.05, 0.1) is 6.61 Å². The number of hydrogen-bond acceptors (Lipinski definition) is 1. The molecule has 0 saturated carbocycles. The predicted molar refractivity (Wildman–Crippen MR) is 165 cm³/mol. The van der Waals surface area contributed by atoms with Gasteiger partial charge in [-0.25, -0.2) is 9.55 Å². The van der Waals surface area contributed by atoms with Crippen molar-refractivity contribution in [1.82, 2.24) is 4.98 Å². The van der Waals surface area contributed by atoms with Gasteiger partial charge in [-0.2, -0.15) is 0 Å². The second-order valence-electron chi connectivity index (χ2n) is 9.24. The number of benzene rings is 4. The van der Waals surface area contributed by atoms with Gasteiger partial charge < -0.3 is 4.74 Å². The Hall–Kier alpha value is -2.21. The topological polar surface area (TPSA) is 28.9 Å². The van der Waals surface area contributed by atoms with Crippen LogP contribution in [0.2, 0.25) is 30.1 Å². The molecular weight excluding hydrogens is 629 g/mol. The zero-order valence-corrected chi connectivity index (χ0v) is 25.5. The second kappa shape index (κ2) is 13.2. The molecule has 40 heavy (non-hydrogen) atoms. The van der Waals surface area contributed by atoms with E-state index in [9.17, 15) is 0 Å². The van der Waals surface area contributed by atoms with Gasteiger partial charge in [0.1, 0.15) is 31.0 Å². The third kappa shape index (κ3) is 6.98. The monoisotopic (exact) mass is 649 g/mol. The van der Waals surface area contributed by atoms with Gasteiger partial charge >= 0.3 is 0 Å². The van der Waals surface area contributed by atoms with Crippen molar-refractivity contribution in [2.24, 2.45) is 0 Å². The summed E-state index contributed by atoms with van der Waals surface area (Å²) in [5.41, 5.74) is 3.77. The molecule has 0 aliphatic rings. The predicted octanol–water partition coefficient (Wildman–Crippen LogP) is 10.4. The SMILES string of the molecule is Clc1ccc(C(c2ccc(Cl)cc2)c2[nH]cc[n+]2CC(OCc2ccc(Cl)cc2Cl)c2ccc(Cl)cc2Cl)cc1. The molecule has 0 fully saturated rings. The van der Waals surface area contributed by atoms with Crippen LogP contribution in [-0.2, 0) is 17.9 Å². The lowest BCUT2D eigenvalue weighted by Gasteiger charge is -2.21. The minimum absolute atomic E-state index is 0.128. The lowest BCUT2D eigenvalue weighted by molar-refractivity contribution is -0.711. The fourth-order valence-corrected chi connectivity index (χ4v) is 5.86. The summed E-state index contributed by atoms with van der Waals surface area (Å²) < 4.78 is 8.61. The first kappa shape index (κ1) is 29.3. The number of hydrogen-bond donors (Lipinski definition) is 1. The first-order valence-corrected chi connectivity index (χ1v) is 14.6. The van der Waals surface area contributed by atoms with E-state index in [1.54, 1.807) is 24.3 Å². The number of nitrogens with zero attached hydrogens (tertiary/aromatic N) is 1. The number of ether oxygens (including phenoxy) is 1. The van der Waals surface area contributed by atoms with E-state index in [1.807, 2.05) is 73.1 Å². The van der Waals surface area contributed by atoms with E-state index < -0.39 is 6.10 Å². The highest BCUT2D eigenvalue weighted by Gasteiger charge is 2.29. The van der Waals surface area contributed by atoms with Crippen LogP contribution < -0.4 is 4.57 Å². The molecule has 0 radical (unpaired) electrons. The van der Waals surface area contributed by atoms with E-state index in [0.717, 1.165) is 28.1 Å². The lowest BCUT2D eigenvalue weighted by Crippen LogP contribution is -2.41. The Labute approximate surface area is 263 Å². The molecule has 1 heterocycles. The normalized spacial score (nSPS) is 12.2. The van der Waals surface area contributed by atoms with Gasteiger partial charge in [0, 0.05) is 35.7 Å². The zero-order chi connectivity index (χ0) is 28.2. The highest BCUT2D eigenvalue weighted by Crippen LogP contribution is 2.34. The van der Waals surface area contributed by atoms with Gasteiger partial charge in [-0.15, -0.1) is 0 Å². The summed E-state index contributed by atoms with van der Waals surface area (Å²) >= 11 is 37.9. The third-order valence-electron chi connectivity index (χ3n) is 6.60. The van der Waals surface area contributed by atoms with Crippen LogP contribution in [0.5, 0.6) is 0 Å². The van der Waals surface area contributed by atoms with Gasteiger partial charge in [-0.05, 0) is 65.2 Å². The number of nitrogens with one attached hydrogen (secondary N) is 1. The van der Waals surface area contributed by atoms with Crippen molar-refractivity contribution in [1.29, 1.82) is 0 Å². The second-order valence-corrected chi connectivity index (χ2v) is 11.8. The van der Waals surface area contributed by atoms with Gasteiger partial charge in [-0.1, -0.05) is 106 Å². The van der Waals surface area contributed by atoms with Crippen LogP contribution in [0.15, 0.2) is 97.3 Å². The standard InChI is InChI=1S/C31H22Cl6N2O/c32-22-6-1-19(2-7-22)30(20-3-8-23(33)9-4-20)31-38-13-14-39(31)17-29(26-12-11-25(35)16-28(26)37)40-18-21-5-10-24(34)15-27(21)36/h1-16,29-30H,17-18H2/p+1. The fraction of sp³-hybridized carbons (Fsp3) is 0.129. The van der Waals surface area contributed by atoms with Crippen LogP contribution in [0.25, 0.3) is 0 Å². The van der Waals surface area contributed by atoms with Crippen molar-refractivity contribution in [3.8, 4) is 0 Å². The van der Waals surface area contributed by atoms with Crippen LogP contribution in [0, 0.1) is 0 Å². The Morgan fingerprint density at radius 3 is 1.77 bits per heavy atom. The summed E-state index contributed by atoms with van der Waals surface area (Å²) in [7, 11) is 0. The molecule has 4 aromatic carbocycles. The maximum Gasteiger partial charge on any atom is 0.266 e. The van der Waals surface area contributed by atoms with Gasteiger partial charge in [0.15, 0.2) is 0 Å². The average molecular weight is 652 g/mol. The van der Waals surface area contributed by atoms with Crippen molar-refractivity contribution < 1.29 is 9.30 Å². The number of halogens is 6. The van der Waals surface area contributed by atoms with E-state index in [4.69, 9.17) is 74.3 Å². The molecule has 0 amide bonds. The average Bonchev–Trinajstić information content (AvgIpc) is 3.37. The highest BCUT2D eigenvalue weighted by molar-refractivity contribution is 6.35. The molecule has 0 saturated heterocycles. The molecule has 1 aromatic heterocycles. The molecule has 1 atom stereocenters. The molecule has 204 valence electrons. The van der Waals surface area contributed by atoms with Crippen LogP contribution >= 0.6 is 69.6 Å². The van der Waals surface area contributed by atoms with Gasteiger partial charge in [-0.3, -0.25) is 0 Å². The Morgan fingerprint density at radius 1 is 0.650 bits per heavy atom. The number of H-pyrrole nitrogens is 1. The van der Waals surface area contributed by atoms with Crippen LogP contribution in [0.3, 0.4) is 0 Å². The van der Waals surface area contributed by atoms with E-state index >= 15 is 0 Å². The summed E-state index contributed by atoms with van der Waals surface area (Å²) in [6, 6.07) is 26.4. The summed E-state index contributed by atoms with van der Waals surface area (Å²) in [5, 5.41) is 3.51. The quantitative estimate of drug-likeness (QED) is 0.158. The first-order chi connectivity index (χ1) is 19.3. The molecule has 0 aliphatic heterocycles. The Kier molecular flexibility index (Phi) is 9.65. The van der Waals surface area contributed by atoms with Gasteiger partial charge in [0.25, 0.3) is 5.82 Å². The van der Waals surface area contributed by atoms with Crippen molar-refractivity contribution in [2.45, 2.75) is 25.2 Å². The molecule has 1 N–H and O–H groups in total. The molecule has 1 unspecified atom stereocenters. The summed E-state index contributed by atoms with van der Waals surface area (Å²) in [5.74, 6) is 0.824. The first-order valence-electron chi connectivity index (χ1n) is 12.4. The smallest absolute Gasteiger partial charge is 0.266 e. The van der Waals surface area contributed by atoms with Crippen LogP contribution in [0.4, 0.5) is 0 Å². The van der Waals surface area contributed by atoms with Crippen molar-refractivity contribution in [2.75, 3.05) is 0 Å². The van der Waals surface area contributed by atoms with Crippen LogP contribution in [-0.4, -0.2) is 4.98 Å². The van der Waals surface area contributed by atoms with Crippen molar-refractivity contribution >= 4 is 69.6 Å². The Bertz CT molecular complexity index is 1560. The fourth-order valence-electron chi connectivity index (χ4n) is 4.61. The van der Waals surface area contributed by atoms with E-state index in [1.165, 1.54) is 0 Å². The Balaban J connectivity index is 1.53. The summed E-state index contributed by atoms with van der Waals surface area (Å²) in [4.78, 5) is 3.45. The lowest BCUT2D eigenvalue weighted by atomic mass is 9.90. The minimum atomic E-state index is -0.424. The van der Waals surface area contributed by atoms with Crippen molar-refractivity contribution in [3.63, 3.8) is 0 Å². The molecule has 5 rings (SSSR count). The highest BCUT2D eigenvalue weighted by atomic mass is 35.5. The molecular formula is C31H23Cl6N2O+. The van der Waals surface area contributed by atoms with Gasteiger partial charge in [0.2, 0.25) is 0 Å². The number of rotatable bonds is 9. The maximum absolute atomic E-state index is 6.67. The third-order valence-corrected chi connectivity index (χ3v) is 8.26. The molecule has 3 nitrogen and oxygen atoms in total. The summed E-state index contributed by atoms with van der Waals surface area (Å²) in [6.45, 7) is 0.723. The number of aromatic amines is 1. The molecule has 0 bridgehead atoms. The Morgan fingerprint density at radius 2 is 1.20 bits per heavy atom. The largest absolute Gasteiger partial charge is 0.365 e. The van der Waals surface area contributed by atoms with E-state index in [-0.39, 0.29) is 12.5 Å². The summed E-state index contributed by atoms with van der Waals surface area (Å²) in [6.07, 6.45) is 3.47. The number of imidazole rings is 1. The molecule has 9 heteroatoms. The molecule has 0 aliphatic carbocycles. The minimum Gasteiger partial charge on any atom is -0.365 e. The van der Waals surface area contributed by atoms with Crippen LogP contribution in [0.1, 0.15) is 40.1 Å². The molecule has 0 spiro atoms. The zero-order valence-electron chi connectivity index (χ0n) is 20.9. The van der Waals surface area contributed by atoms with E-state index in [0.29, 0.717) is 36.7 Å². The van der Waals surface area contributed by atoms with E-state index in [2.05, 4.69) is 9.55 Å². The van der Waals surface area contributed by atoms with Crippen molar-refractivity contribution in [3.05, 3.63) is 156 Å². The maximum atomic E-state index is 6.67. The number of aromatic nitrogens is 2.